The van der Waals surface area contributed by atoms with E-state index >= 15 is 0 Å². The van der Waals surface area contributed by atoms with Crippen molar-refractivity contribution in [3.63, 3.8) is 0 Å². The Bertz CT molecular complexity index is 720. The van der Waals surface area contributed by atoms with Crippen LogP contribution in [0.3, 0.4) is 0 Å². The summed E-state index contributed by atoms with van der Waals surface area (Å²) < 4.78 is 0. The van der Waals surface area contributed by atoms with Gasteiger partial charge in [0.15, 0.2) is 5.82 Å². The fourth-order valence-corrected chi connectivity index (χ4v) is 4.41. The molecule has 2 unspecified atom stereocenters. The normalized spacial score (nSPS) is 17.3. The van der Waals surface area contributed by atoms with Gasteiger partial charge in [0.1, 0.15) is 0 Å². The van der Waals surface area contributed by atoms with Crippen LogP contribution in [0.5, 0.6) is 0 Å². The van der Waals surface area contributed by atoms with Gasteiger partial charge in [0.2, 0.25) is 0 Å². The Labute approximate surface area is 172 Å². The quantitative estimate of drug-likeness (QED) is 0.409. The van der Waals surface area contributed by atoms with Gasteiger partial charge < -0.3 is 0 Å². The summed E-state index contributed by atoms with van der Waals surface area (Å²) in [6.45, 7) is 6.95. The van der Waals surface area contributed by atoms with E-state index in [0.29, 0.717) is 0 Å². The molecule has 0 bridgehead atoms. The van der Waals surface area contributed by atoms with Crippen LogP contribution in [0.4, 0.5) is 0 Å². The first-order chi connectivity index (χ1) is 13.7. The van der Waals surface area contributed by atoms with Crippen LogP contribution in [0.2, 0.25) is 0 Å². The molecule has 0 aliphatic heterocycles. The third-order valence-electron chi connectivity index (χ3n) is 6.47. The van der Waals surface area contributed by atoms with Crippen LogP contribution < -0.4 is 0 Å². The van der Waals surface area contributed by atoms with Crippen LogP contribution in [-0.2, 0) is 19.3 Å². The van der Waals surface area contributed by atoms with Crippen molar-refractivity contribution in [2.45, 2.75) is 91.4 Å². The molecule has 1 aromatic carbocycles. The van der Waals surface area contributed by atoms with Gasteiger partial charge in [-0.2, -0.15) is 0 Å². The van der Waals surface area contributed by atoms with Gasteiger partial charge in [0.25, 0.3) is 0 Å². The van der Waals surface area contributed by atoms with Gasteiger partial charge >= 0.3 is 0 Å². The first-order valence-corrected chi connectivity index (χ1v) is 11.6. The standard InChI is InChI=1S/C26H38N2/c1-4-6-7-8-9-10-21-11-14-23(15-12-21)26-27-19-24-18-22(17-20(3)5-2)13-16-25(24)28-26/h11-12,14-15,19-20,22H,4-10,13,16-18H2,1-3H3. The molecule has 28 heavy (non-hydrogen) atoms. The van der Waals surface area contributed by atoms with Crippen LogP contribution in [0.1, 0.15) is 89.0 Å². The van der Waals surface area contributed by atoms with Crippen LogP contribution in [0.15, 0.2) is 30.5 Å². The van der Waals surface area contributed by atoms with Crippen LogP contribution in [-0.4, -0.2) is 9.97 Å². The molecule has 1 aliphatic rings. The summed E-state index contributed by atoms with van der Waals surface area (Å²) in [7, 11) is 0. The smallest absolute Gasteiger partial charge is 0.159 e. The second-order valence-electron chi connectivity index (χ2n) is 8.88. The Balaban J connectivity index is 1.58. The van der Waals surface area contributed by atoms with Gasteiger partial charge in [-0.15, -0.1) is 0 Å². The highest BCUT2D eigenvalue weighted by atomic mass is 14.9. The van der Waals surface area contributed by atoms with E-state index in [4.69, 9.17) is 9.97 Å². The average molecular weight is 379 g/mol. The molecule has 1 aliphatic carbocycles. The number of hydrogen-bond acceptors (Lipinski definition) is 2. The fourth-order valence-electron chi connectivity index (χ4n) is 4.41. The molecule has 2 atom stereocenters. The average Bonchev–Trinajstić information content (AvgIpc) is 2.73. The molecule has 0 radical (unpaired) electrons. The van der Waals surface area contributed by atoms with E-state index < -0.39 is 0 Å². The molecule has 0 saturated heterocycles. The highest BCUT2D eigenvalue weighted by Gasteiger charge is 2.22. The minimum atomic E-state index is 0.813. The van der Waals surface area contributed by atoms with Crippen LogP contribution in [0.25, 0.3) is 11.4 Å². The van der Waals surface area contributed by atoms with E-state index in [1.165, 1.54) is 74.6 Å². The maximum Gasteiger partial charge on any atom is 0.159 e. The van der Waals surface area contributed by atoms with Crippen LogP contribution in [0, 0.1) is 11.8 Å². The number of aryl methyl sites for hydroxylation is 2. The van der Waals surface area contributed by atoms with E-state index in [1.54, 1.807) is 0 Å². The Morgan fingerprint density at radius 3 is 2.57 bits per heavy atom. The zero-order valence-electron chi connectivity index (χ0n) is 18.2. The van der Waals surface area contributed by atoms with Gasteiger partial charge in [-0.05, 0) is 61.5 Å². The summed E-state index contributed by atoms with van der Waals surface area (Å²) >= 11 is 0. The van der Waals surface area contributed by atoms with Gasteiger partial charge in [-0.25, -0.2) is 9.97 Å². The topological polar surface area (TPSA) is 25.8 Å². The van der Waals surface area contributed by atoms with Gasteiger partial charge in [-0.1, -0.05) is 77.1 Å². The summed E-state index contributed by atoms with van der Waals surface area (Å²) in [5.74, 6) is 2.54. The van der Waals surface area contributed by atoms with E-state index in [0.717, 1.165) is 36.1 Å². The third kappa shape index (κ3) is 5.90. The lowest BCUT2D eigenvalue weighted by atomic mass is 9.81. The summed E-state index contributed by atoms with van der Waals surface area (Å²) in [5.41, 5.74) is 5.25. The Morgan fingerprint density at radius 2 is 1.82 bits per heavy atom. The predicted molar refractivity (Wildman–Crippen MR) is 120 cm³/mol. The number of nitrogens with zero attached hydrogens (tertiary/aromatic N) is 2. The van der Waals surface area contributed by atoms with Gasteiger partial charge in [0, 0.05) is 17.5 Å². The van der Waals surface area contributed by atoms with E-state index in [1.807, 2.05) is 0 Å². The highest BCUT2D eigenvalue weighted by molar-refractivity contribution is 5.55. The maximum absolute atomic E-state index is 4.93. The highest BCUT2D eigenvalue weighted by Crippen LogP contribution is 2.30. The SMILES string of the molecule is CCCCCCCc1ccc(-c2ncc3c(n2)CCC(CC(C)CC)C3)cc1. The van der Waals surface area contributed by atoms with Crippen molar-refractivity contribution in [3.05, 3.63) is 47.3 Å². The van der Waals surface area contributed by atoms with Gasteiger partial charge in [-0.3, -0.25) is 0 Å². The number of aromatic nitrogens is 2. The largest absolute Gasteiger partial charge is 0.236 e. The molecule has 152 valence electrons. The molecular formula is C26H38N2. The molecule has 3 rings (SSSR count). The van der Waals surface area contributed by atoms with Crippen molar-refractivity contribution in [3.8, 4) is 11.4 Å². The predicted octanol–water partition coefficient (Wildman–Crippen LogP) is 7.20. The Kier molecular flexibility index (Phi) is 8.06. The molecule has 2 aromatic rings. The van der Waals surface area contributed by atoms with Crippen molar-refractivity contribution < 1.29 is 0 Å². The minimum absolute atomic E-state index is 0.813. The number of benzene rings is 1. The molecule has 0 spiro atoms. The minimum Gasteiger partial charge on any atom is -0.236 e. The van der Waals surface area contributed by atoms with Crippen molar-refractivity contribution >= 4 is 0 Å². The van der Waals surface area contributed by atoms with E-state index in [9.17, 15) is 0 Å². The summed E-state index contributed by atoms with van der Waals surface area (Å²) in [5, 5.41) is 0. The van der Waals surface area contributed by atoms with Crippen molar-refractivity contribution in [1.29, 1.82) is 0 Å². The maximum atomic E-state index is 4.93. The first-order valence-electron chi connectivity index (χ1n) is 11.6. The van der Waals surface area contributed by atoms with Gasteiger partial charge in [0.05, 0.1) is 0 Å². The Morgan fingerprint density at radius 1 is 1.04 bits per heavy atom. The van der Waals surface area contributed by atoms with E-state index in [-0.39, 0.29) is 0 Å². The fraction of sp³-hybridized carbons (Fsp3) is 0.615. The van der Waals surface area contributed by atoms with Crippen molar-refractivity contribution in [1.82, 2.24) is 9.97 Å². The molecule has 0 saturated carbocycles. The number of hydrogen-bond donors (Lipinski definition) is 0. The van der Waals surface area contributed by atoms with E-state index in [2.05, 4.69) is 51.2 Å². The summed E-state index contributed by atoms with van der Waals surface area (Å²) in [6.07, 6.45) is 16.2. The lowest BCUT2D eigenvalue weighted by molar-refractivity contribution is 0.346. The van der Waals surface area contributed by atoms with Crippen molar-refractivity contribution in [2.75, 3.05) is 0 Å². The van der Waals surface area contributed by atoms with Crippen molar-refractivity contribution in [2.24, 2.45) is 11.8 Å². The molecule has 1 heterocycles. The molecule has 0 fully saturated rings. The molecule has 2 heteroatoms. The molecular weight excluding hydrogens is 340 g/mol. The lowest BCUT2D eigenvalue weighted by Gasteiger charge is -2.26. The first kappa shape index (κ1) is 21.0. The number of rotatable bonds is 10. The second-order valence-corrected chi connectivity index (χ2v) is 8.88. The summed E-state index contributed by atoms with van der Waals surface area (Å²) in [4.78, 5) is 9.64. The Hall–Kier alpha value is -1.70. The monoisotopic (exact) mass is 378 g/mol. The lowest BCUT2D eigenvalue weighted by Crippen LogP contribution is -2.18. The molecule has 0 N–H and O–H groups in total. The number of unbranched alkanes of at least 4 members (excludes halogenated alkanes) is 4. The molecule has 1 aromatic heterocycles. The number of fused-ring (bicyclic) bond motifs is 1. The summed E-state index contributed by atoms with van der Waals surface area (Å²) in [6, 6.07) is 8.94. The zero-order chi connectivity index (χ0) is 19.8. The third-order valence-corrected chi connectivity index (χ3v) is 6.47. The zero-order valence-corrected chi connectivity index (χ0v) is 18.2. The molecule has 2 nitrogen and oxygen atoms in total. The van der Waals surface area contributed by atoms with Crippen LogP contribution >= 0.6 is 0 Å². The molecule has 0 amide bonds. The second kappa shape index (κ2) is 10.7.